The molecule has 0 saturated heterocycles. The molecule has 0 aliphatic heterocycles. The first-order chi connectivity index (χ1) is 8.00. The summed E-state index contributed by atoms with van der Waals surface area (Å²) >= 11 is 0. The summed E-state index contributed by atoms with van der Waals surface area (Å²) in [7, 11) is 0. The number of carboxylic acids is 1. The Balaban J connectivity index is 2.53. The van der Waals surface area contributed by atoms with Crippen LogP contribution in [0.2, 0.25) is 0 Å². The van der Waals surface area contributed by atoms with Gasteiger partial charge < -0.3 is 10.8 Å². The van der Waals surface area contributed by atoms with E-state index in [9.17, 15) is 4.79 Å². The average Bonchev–Trinajstić information content (AvgIpc) is 2.64. The summed E-state index contributed by atoms with van der Waals surface area (Å²) in [5.74, 6) is -1.15. The molecule has 0 atom stereocenters. The molecule has 0 bridgehead atoms. The van der Waals surface area contributed by atoms with E-state index < -0.39 is 5.97 Å². The summed E-state index contributed by atoms with van der Waals surface area (Å²) < 4.78 is 1.32. The largest absolute Gasteiger partial charge is 0.476 e. The molecule has 1 heterocycles. The van der Waals surface area contributed by atoms with Crippen molar-refractivity contribution in [1.82, 2.24) is 15.0 Å². The first-order valence-electron chi connectivity index (χ1n) is 5.03. The molecule has 6 nitrogen and oxygen atoms in total. The predicted octanol–water partition coefficient (Wildman–Crippen LogP) is 1.16. The highest BCUT2D eigenvalue weighted by molar-refractivity contribution is 5.90. The summed E-state index contributed by atoms with van der Waals surface area (Å²) in [6, 6.07) is 5.62. The van der Waals surface area contributed by atoms with Crippen LogP contribution < -0.4 is 5.73 Å². The lowest BCUT2D eigenvalue weighted by Gasteiger charge is -2.05. The number of anilines is 1. The van der Waals surface area contributed by atoms with Gasteiger partial charge in [0.25, 0.3) is 0 Å². The van der Waals surface area contributed by atoms with Crippen molar-refractivity contribution in [1.29, 1.82) is 0 Å². The third-order valence-electron chi connectivity index (χ3n) is 2.64. The van der Waals surface area contributed by atoms with E-state index in [1.165, 1.54) is 4.68 Å². The Labute approximate surface area is 97.7 Å². The Morgan fingerprint density at radius 3 is 2.59 bits per heavy atom. The van der Waals surface area contributed by atoms with E-state index in [2.05, 4.69) is 10.3 Å². The minimum Gasteiger partial charge on any atom is -0.476 e. The number of aryl methyl sites for hydroxylation is 2. The molecule has 88 valence electrons. The lowest BCUT2D eigenvalue weighted by Crippen LogP contribution is -2.06. The summed E-state index contributed by atoms with van der Waals surface area (Å²) in [5.41, 5.74) is 8.37. The van der Waals surface area contributed by atoms with Crippen LogP contribution in [0.25, 0.3) is 5.69 Å². The predicted molar refractivity (Wildman–Crippen MR) is 62.2 cm³/mol. The standard InChI is InChI=1S/C11H12N4O2/c1-6-3-4-8(5-7(6)2)15-10(12)9(11(16)17)13-14-15/h3-5H,12H2,1-2H3,(H,16,17). The van der Waals surface area contributed by atoms with Gasteiger partial charge in [0.2, 0.25) is 5.69 Å². The summed E-state index contributed by atoms with van der Waals surface area (Å²) in [6.07, 6.45) is 0. The number of nitrogen functional groups attached to an aromatic ring is 1. The van der Waals surface area contributed by atoms with Gasteiger partial charge in [0.15, 0.2) is 5.82 Å². The first kappa shape index (κ1) is 11.1. The van der Waals surface area contributed by atoms with E-state index in [1.807, 2.05) is 32.0 Å². The maximum atomic E-state index is 10.8. The number of nitrogens with two attached hydrogens (primary N) is 1. The van der Waals surface area contributed by atoms with Crippen molar-refractivity contribution in [3.63, 3.8) is 0 Å². The van der Waals surface area contributed by atoms with Crippen molar-refractivity contribution in [3.8, 4) is 5.69 Å². The van der Waals surface area contributed by atoms with Gasteiger partial charge in [0, 0.05) is 0 Å². The quantitative estimate of drug-likeness (QED) is 0.810. The van der Waals surface area contributed by atoms with Gasteiger partial charge >= 0.3 is 5.97 Å². The number of aromatic nitrogens is 3. The highest BCUT2D eigenvalue weighted by Gasteiger charge is 2.17. The minimum absolute atomic E-state index is 0.0285. The highest BCUT2D eigenvalue weighted by Crippen LogP contribution is 2.17. The third-order valence-corrected chi connectivity index (χ3v) is 2.64. The number of nitrogens with zero attached hydrogens (tertiary/aromatic N) is 3. The molecule has 0 fully saturated rings. The van der Waals surface area contributed by atoms with Crippen LogP contribution in [0.5, 0.6) is 0 Å². The summed E-state index contributed by atoms with van der Waals surface area (Å²) in [6.45, 7) is 3.95. The van der Waals surface area contributed by atoms with Gasteiger partial charge in [-0.1, -0.05) is 11.3 Å². The van der Waals surface area contributed by atoms with Crippen molar-refractivity contribution in [2.45, 2.75) is 13.8 Å². The van der Waals surface area contributed by atoms with Crippen LogP contribution in [0.4, 0.5) is 5.82 Å². The van der Waals surface area contributed by atoms with Crippen LogP contribution in [-0.4, -0.2) is 26.1 Å². The van der Waals surface area contributed by atoms with Gasteiger partial charge in [-0.05, 0) is 37.1 Å². The second-order valence-electron chi connectivity index (χ2n) is 3.81. The molecule has 0 radical (unpaired) electrons. The Kier molecular flexibility index (Phi) is 2.55. The van der Waals surface area contributed by atoms with Crippen molar-refractivity contribution >= 4 is 11.8 Å². The molecule has 3 N–H and O–H groups in total. The molecule has 0 aliphatic rings. The Morgan fingerprint density at radius 2 is 2.06 bits per heavy atom. The zero-order chi connectivity index (χ0) is 12.6. The molecule has 0 amide bonds. The van der Waals surface area contributed by atoms with Crippen molar-refractivity contribution in [2.75, 3.05) is 5.73 Å². The van der Waals surface area contributed by atoms with E-state index in [-0.39, 0.29) is 11.5 Å². The Hall–Kier alpha value is -2.37. The molecular formula is C11H12N4O2. The monoisotopic (exact) mass is 232 g/mol. The molecule has 1 aromatic heterocycles. The number of benzene rings is 1. The average molecular weight is 232 g/mol. The fourth-order valence-electron chi connectivity index (χ4n) is 1.49. The molecule has 2 aromatic rings. The van der Waals surface area contributed by atoms with E-state index in [4.69, 9.17) is 10.8 Å². The fourth-order valence-corrected chi connectivity index (χ4v) is 1.49. The van der Waals surface area contributed by atoms with Crippen LogP contribution in [-0.2, 0) is 0 Å². The topological polar surface area (TPSA) is 94.0 Å². The number of aromatic carboxylic acids is 1. The van der Waals surface area contributed by atoms with Crippen LogP contribution in [0.1, 0.15) is 21.6 Å². The van der Waals surface area contributed by atoms with E-state index >= 15 is 0 Å². The minimum atomic E-state index is -1.18. The number of carboxylic acid groups (broad SMARTS) is 1. The van der Waals surface area contributed by atoms with Crippen molar-refractivity contribution in [2.24, 2.45) is 0 Å². The number of rotatable bonds is 2. The molecule has 0 saturated carbocycles. The van der Waals surface area contributed by atoms with Crippen molar-refractivity contribution in [3.05, 3.63) is 35.0 Å². The smallest absolute Gasteiger partial charge is 0.360 e. The van der Waals surface area contributed by atoms with Gasteiger partial charge in [-0.2, -0.15) is 4.68 Å². The second-order valence-corrected chi connectivity index (χ2v) is 3.81. The van der Waals surface area contributed by atoms with Gasteiger partial charge in [0.1, 0.15) is 0 Å². The van der Waals surface area contributed by atoms with Gasteiger partial charge in [-0.15, -0.1) is 5.10 Å². The molecule has 6 heteroatoms. The van der Waals surface area contributed by atoms with Gasteiger partial charge in [-0.25, -0.2) is 4.79 Å². The second kappa shape index (κ2) is 3.89. The molecular weight excluding hydrogens is 220 g/mol. The summed E-state index contributed by atoms with van der Waals surface area (Å²) in [5, 5.41) is 16.1. The molecule has 2 rings (SSSR count). The fraction of sp³-hybridized carbons (Fsp3) is 0.182. The van der Waals surface area contributed by atoms with Crippen LogP contribution in [0.15, 0.2) is 18.2 Å². The lowest BCUT2D eigenvalue weighted by molar-refractivity contribution is 0.0691. The Bertz CT molecular complexity index is 589. The van der Waals surface area contributed by atoms with Crippen LogP contribution in [0, 0.1) is 13.8 Å². The SMILES string of the molecule is Cc1ccc(-n2nnc(C(=O)O)c2N)cc1C. The lowest BCUT2D eigenvalue weighted by atomic mass is 10.1. The molecule has 0 aliphatic carbocycles. The first-order valence-corrected chi connectivity index (χ1v) is 5.03. The maximum Gasteiger partial charge on any atom is 0.360 e. The molecule has 1 aromatic carbocycles. The van der Waals surface area contributed by atoms with Gasteiger partial charge in [-0.3, -0.25) is 0 Å². The zero-order valence-corrected chi connectivity index (χ0v) is 9.51. The van der Waals surface area contributed by atoms with E-state index in [0.29, 0.717) is 5.69 Å². The molecule has 0 unspecified atom stereocenters. The third kappa shape index (κ3) is 1.84. The number of carbonyl (C=O) groups is 1. The normalized spacial score (nSPS) is 10.5. The highest BCUT2D eigenvalue weighted by atomic mass is 16.4. The van der Waals surface area contributed by atoms with Gasteiger partial charge in [0.05, 0.1) is 5.69 Å². The summed E-state index contributed by atoms with van der Waals surface area (Å²) in [4.78, 5) is 10.8. The Morgan fingerprint density at radius 1 is 1.35 bits per heavy atom. The number of hydrogen-bond acceptors (Lipinski definition) is 4. The van der Waals surface area contributed by atoms with Crippen molar-refractivity contribution < 1.29 is 9.90 Å². The van der Waals surface area contributed by atoms with Crippen LogP contribution >= 0.6 is 0 Å². The molecule has 17 heavy (non-hydrogen) atoms. The van der Waals surface area contributed by atoms with E-state index in [1.54, 1.807) is 0 Å². The zero-order valence-electron chi connectivity index (χ0n) is 9.51. The maximum absolute atomic E-state index is 10.8. The van der Waals surface area contributed by atoms with Crippen LogP contribution in [0.3, 0.4) is 0 Å². The number of hydrogen-bond donors (Lipinski definition) is 2. The van der Waals surface area contributed by atoms with E-state index in [0.717, 1.165) is 11.1 Å². The molecule has 0 spiro atoms.